The van der Waals surface area contributed by atoms with E-state index < -0.39 is 0 Å². The number of hydrogen-bond acceptors (Lipinski definition) is 6. The Morgan fingerprint density at radius 2 is 1.57 bits per heavy atom. The highest BCUT2D eigenvalue weighted by atomic mass is 35.5. The van der Waals surface area contributed by atoms with E-state index in [1.165, 1.54) is 21.2 Å². The standard InChI is InChI=1S/C17H19ClN2S.C15H20ClN3/c1-19(2)10-5-11-20-14-6-3-4-7-16(14)21-17-9-8-13(18)12-15(17)20;1-15(2,19(3)4)10-18-13-7-8-17-14-9-11(16)5-6-12(13)14/h3-4,6-9,12H,5,10-11H2,1-2H3;5-9H,10H2,1-4H3,(H,17,18). The smallest absolute Gasteiger partial charge is 0.0737 e. The number of nitrogens with zero attached hydrogens (tertiary/aromatic N) is 4. The van der Waals surface area contributed by atoms with Crippen LogP contribution in [-0.4, -0.2) is 68.1 Å². The van der Waals surface area contributed by atoms with Crippen LogP contribution in [0, 0.1) is 0 Å². The topological polar surface area (TPSA) is 34.6 Å². The SMILES string of the molecule is CN(C)C(C)(C)CNc1ccnc2cc(Cl)ccc12.CN(C)CCCN1c2ccccc2Sc2ccc(Cl)cc21. The lowest BCUT2D eigenvalue weighted by Gasteiger charge is -2.33. The highest BCUT2D eigenvalue weighted by Crippen LogP contribution is 2.48. The molecule has 5 nitrogen and oxygen atoms in total. The number of anilines is 3. The fourth-order valence-electron chi connectivity index (χ4n) is 4.33. The van der Waals surface area contributed by atoms with Gasteiger partial charge in [-0.15, -0.1) is 0 Å². The molecular weight excluding hydrogens is 557 g/mol. The number of halogens is 2. The molecule has 0 radical (unpaired) electrons. The third-order valence-electron chi connectivity index (χ3n) is 7.20. The number of likely N-dealkylation sites (N-methyl/N-ethyl adjacent to an activating group) is 1. The van der Waals surface area contributed by atoms with Crippen molar-refractivity contribution in [2.24, 2.45) is 0 Å². The molecule has 1 aromatic heterocycles. The van der Waals surface area contributed by atoms with Crippen molar-refractivity contribution in [2.45, 2.75) is 35.6 Å². The minimum absolute atomic E-state index is 0.0853. The zero-order chi connectivity index (χ0) is 28.9. The lowest BCUT2D eigenvalue weighted by molar-refractivity contribution is 0.210. The monoisotopic (exact) mass is 595 g/mol. The third kappa shape index (κ3) is 7.62. The number of aromatic nitrogens is 1. The van der Waals surface area contributed by atoms with E-state index in [0.717, 1.165) is 47.7 Å². The fraction of sp³-hybridized carbons (Fsp3) is 0.344. The maximum Gasteiger partial charge on any atom is 0.0737 e. The molecule has 0 fully saturated rings. The quantitative estimate of drug-likeness (QED) is 0.220. The molecule has 8 heteroatoms. The van der Waals surface area contributed by atoms with Gasteiger partial charge in [0, 0.05) is 55.7 Å². The summed E-state index contributed by atoms with van der Waals surface area (Å²) in [7, 11) is 8.41. The van der Waals surface area contributed by atoms with Crippen LogP contribution in [0.15, 0.2) is 82.7 Å². The molecule has 1 aliphatic rings. The van der Waals surface area contributed by atoms with Gasteiger partial charge in [0.15, 0.2) is 0 Å². The molecule has 0 saturated carbocycles. The zero-order valence-corrected chi connectivity index (χ0v) is 26.5. The predicted molar refractivity (Wildman–Crippen MR) is 175 cm³/mol. The lowest BCUT2D eigenvalue weighted by Crippen LogP contribution is -2.44. The summed E-state index contributed by atoms with van der Waals surface area (Å²) in [6.07, 6.45) is 2.93. The van der Waals surface area contributed by atoms with Gasteiger partial charge in [-0.2, -0.15) is 0 Å². The van der Waals surface area contributed by atoms with Crippen molar-refractivity contribution in [3.8, 4) is 0 Å². The molecule has 0 bridgehead atoms. The summed E-state index contributed by atoms with van der Waals surface area (Å²) in [5.74, 6) is 0. The summed E-state index contributed by atoms with van der Waals surface area (Å²) in [6.45, 7) is 7.37. The van der Waals surface area contributed by atoms with Gasteiger partial charge < -0.3 is 20.0 Å². The Bertz CT molecular complexity index is 1440. The predicted octanol–water partition coefficient (Wildman–Crippen LogP) is 8.53. The molecule has 1 N–H and O–H groups in total. The summed E-state index contributed by atoms with van der Waals surface area (Å²) in [5, 5.41) is 6.11. The van der Waals surface area contributed by atoms with Crippen molar-refractivity contribution >= 4 is 62.9 Å². The minimum atomic E-state index is 0.0853. The van der Waals surface area contributed by atoms with Gasteiger partial charge in [0.2, 0.25) is 0 Å². The number of para-hydroxylation sites is 1. The second-order valence-corrected chi connectivity index (χ2v) is 13.0. The largest absolute Gasteiger partial charge is 0.383 e. The molecule has 0 atom stereocenters. The second-order valence-electron chi connectivity index (χ2n) is 11.1. The average molecular weight is 597 g/mol. The maximum atomic E-state index is 6.21. The Hall–Kier alpha value is -2.48. The van der Waals surface area contributed by atoms with Gasteiger partial charge in [-0.25, -0.2) is 0 Å². The summed E-state index contributed by atoms with van der Waals surface area (Å²) in [6, 6.07) is 22.6. The highest BCUT2D eigenvalue weighted by Gasteiger charge is 2.23. The summed E-state index contributed by atoms with van der Waals surface area (Å²) >= 11 is 14.0. The first-order valence-corrected chi connectivity index (χ1v) is 15.1. The molecule has 212 valence electrons. The van der Waals surface area contributed by atoms with Gasteiger partial charge >= 0.3 is 0 Å². The normalized spacial score (nSPS) is 12.7. The Kier molecular flexibility index (Phi) is 10.3. The van der Waals surface area contributed by atoms with Crippen LogP contribution in [0.5, 0.6) is 0 Å². The van der Waals surface area contributed by atoms with Gasteiger partial charge in [-0.3, -0.25) is 4.98 Å². The average Bonchev–Trinajstić information content (AvgIpc) is 2.91. The van der Waals surface area contributed by atoms with Gasteiger partial charge in [0.1, 0.15) is 0 Å². The Labute approximate surface area is 253 Å². The molecule has 1 aliphatic heterocycles. The molecule has 2 heterocycles. The van der Waals surface area contributed by atoms with E-state index in [1.54, 1.807) is 0 Å². The van der Waals surface area contributed by atoms with E-state index in [9.17, 15) is 0 Å². The number of benzene rings is 3. The second kappa shape index (κ2) is 13.5. The van der Waals surface area contributed by atoms with Crippen molar-refractivity contribution in [2.75, 3.05) is 58.0 Å². The van der Waals surface area contributed by atoms with Crippen molar-refractivity contribution in [3.05, 3.63) is 83.0 Å². The Morgan fingerprint density at radius 3 is 2.33 bits per heavy atom. The first kappa shape index (κ1) is 30.5. The van der Waals surface area contributed by atoms with Gasteiger partial charge in [-0.1, -0.05) is 47.1 Å². The summed E-state index contributed by atoms with van der Waals surface area (Å²) < 4.78 is 0. The van der Waals surface area contributed by atoms with Gasteiger partial charge in [0.05, 0.1) is 16.9 Å². The van der Waals surface area contributed by atoms with E-state index in [0.29, 0.717) is 5.02 Å². The molecule has 4 aromatic rings. The van der Waals surface area contributed by atoms with E-state index >= 15 is 0 Å². The molecule has 40 heavy (non-hydrogen) atoms. The van der Waals surface area contributed by atoms with E-state index in [4.69, 9.17) is 23.2 Å². The van der Waals surface area contributed by atoms with Crippen LogP contribution in [0.4, 0.5) is 17.1 Å². The maximum absolute atomic E-state index is 6.21. The van der Waals surface area contributed by atoms with Crippen LogP contribution in [0.2, 0.25) is 10.0 Å². The molecular formula is C32H39Cl2N5S. The molecule has 0 saturated heterocycles. The van der Waals surface area contributed by atoms with Crippen LogP contribution < -0.4 is 10.2 Å². The van der Waals surface area contributed by atoms with Crippen molar-refractivity contribution in [1.82, 2.24) is 14.8 Å². The molecule has 0 amide bonds. The van der Waals surface area contributed by atoms with Crippen LogP contribution >= 0.6 is 35.0 Å². The molecule has 3 aromatic carbocycles. The van der Waals surface area contributed by atoms with Crippen LogP contribution in [0.3, 0.4) is 0 Å². The minimum Gasteiger partial charge on any atom is -0.383 e. The molecule has 0 unspecified atom stereocenters. The van der Waals surface area contributed by atoms with Crippen molar-refractivity contribution < 1.29 is 0 Å². The third-order valence-corrected chi connectivity index (χ3v) is 8.80. The van der Waals surface area contributed by atoms with E-state index in [2.05, 4.69) is 103 Å². The van der Waals surface area contributed by atoms with Crippen LogP contribution in [0.25, 0.3) is 10.9 Å². The Balaban J connectivity index is 0.000000186. The summed E-state index contributed by atoms with van der Waals surface area (Å²) in [5.41, 5.74) is 4.61. The van der Waals surface area contributed by atoms with E-state index in [1.807, 2.05) is 48.3 Å². The van der Waals surface area contributed by atoms with E-state index in [-0.39, 0.29) is 5.54 Å². The number of rotatable bonds is 8. The number of pyridine rings is 1. The van der Waals surface area contributed by atoms with Crippen molar-refractivity contribution in [1.29, 1.82) is 0 Å². The lowest BCUT2D eigenvalue weighted by atomic mass is 10.0. The van der Waals surface area contributed by atoms with Gasteiger partial charge in [-0.05, 0) is 110 Å². The number of hydrogen-bond donors (Lipinski definition) is 1. The van der Waals surface area contributed by atoms with Crippen molar-refractivity contribution in [3.63, 3.8) is 0 Å². The number of nitrogens with one attached hydrogen (secondary N) is 1. The Morgan fingerprint density at radius 1 is 0.875 bits per heavy atom. The molecule has 0 spiro atoms. The molecule has 0 aliphatic carbocycles. The first-order chi connectivity index (χ1) is 19.0. The zero-order valence-electron chi connectivity index (χ0n) is 24.2. The van der Waals surface area contributed by atoms with Crippen LogP contribution in [-0.2, 0) is 0 Å². The highest BCUT2D eigenvalue weighted by molar-refractivity contribution is 7.99. The van der Waals surface area contributed by atoms with Gasteiger partial charge in [0.25, 0.3) is 0 Å². The fourth-order valence-corrected chi connectivity index (χ4v) is 5.74. The first-order valence-electron chi connectivity index (χ1n) is 13.5. The van der Waals surface area contributed by atoms with Crippen LogP contribution in [0.1, 0.15) is 20.3 Å². The number of fused-ring (bicyclic) bond motifs is 3. The molecule has 5 rings (SSSR count). The summed E-state index contributed by atoms with van der Waals surface area (Å²) in [4.78, 5) is 13.8.